The van der Waals surface area contributed by atoms with Crippen molar-refractivity contribution in [3.8, 4) is 12.3 Å². The molecule has 1 aliphatic carbocycles. The van der Waals surface area contributed by atoms with Crippen LogP contribution in [0.3, 0.4) is 0 Å². The molecule has 0 saturated heterocycles. The second kappa shape index (κ2) is 8.74. The summed E-state index contributed by atoms with van der Waals surface area (Å²) in [7, 11) is 0. The highest BCUT2D eigenvalue weighted by Gasteiger charge is 2.25. The van der Waals surface area contributed by atoms with E-state index in [0.29, 0.717) is 12.5 Å². The van der Waals surface area contributed by atoms with Gasteiger partial charge in [-0.3, -0.25) is 4.79 Å². The normalized spacial score (nSPS) is 16.3. The number of carbonyl (C=O) groups is 1. The van der Waals surface area contributed by atoms with E-state index in [1.54, 1.807) is 0 Å². The molecule has 124 valence electrons. The molecule has 3 nitrogen and oxygen atoms in total. The highest BCUT2D eigenvalue weighted by atomic mass is 16.5. The van der Waals surface area contributed by atoms with Gasteiger partial charge in [0.25, 0.3) is 0 Å². The molecule has 0 spiro atoms. The van der Waals surface area contributed by atoms with Crippen LogP contribution in [0.2, 0.25) is 0 Å². The summed E-state index contributed by atoms with van der Waals surface area (Å²) in [6.45, 7) is 4.89. The van der Waals surface area contributed by atoms with Crippen LogP contribution in [-0.2, 0) is 16.1 Å². The van der Waals surface area contributed by atoms with E-state index < -0.39 is 0 Å². The zero-order chi connectivity index (χ0) is 16.7. The van der Waals surface area contributed by atoms with E-state index >= 15 is 0 Å². The van der Waals surface area contributed by atoms with Crippen molar-refractivity contribution in [1.82, 2.24) is 5.32 Å². The molecule has 0 amide bonds. The zero-order valence-corrected chi connectivity index (χ0v) is 14.2. The lowest BCUT2D eigenvalue weighted by Gasteiger charge is -2.21. The van der Waals surface area contributed by atoms with Gasteiger partial charge in [0.15, 0.2) is 0 Å². The maximum absolute atomic E-state index is 12.4. The van der Waals surface area contributed by atoms with Crippen LogP contribution in [0.25, 0.3) is 0 Å². The van der Waals surface area contributed by atoms with Crippen LogP contribution < -0.4 is 5.32 Å². The van der Waals surface area contributed by atoms with E-state index in [2.05, 4.69) is 25.1 Å². The van der Waals surface area contributed by atoms with Crippen molar-refractivity contribution in [2.45, 2.75) is 64.6 Å². The number of benzene rings is 1. The first kappa shape index (κ1) is 17.6. The largest absolute Gasteiger partial charge is 0.461 e. The van der Waals surface area contributed by atoms with Gasteiger partial charge in [-0.15, -0.1) is 6.42 Å². The smallest absolute Gasteiger partial charge is 0.323 e. The van der Waals surface area contributed by atoms with Crippen molar-refractivity contribution in [2.24, 2.45) is 5.92 Å². The van der Waals surface area contributed by atoms with Crippen LogP contribution in [0.15, 0.2) is 24.3 Å². The van der Waals surface area contributed by atoms with Crippen molar-refractivity contribution < 1.29 is 9.53 Å². The van der Waals surface area contributed by atoms with E-state index in [4.69, 9.17) is 11.2 Å². The van der Waals surface area contributed by atoms with E-state index in [0.717, 1.165) is 30.4 Å². The number of rotatable bonds is 7. The predicted octanol–water partition coefficient (Wildman–Crippen LogP) is 3.66. The minimum atomic E-state index is -0.247. The molecule has 1 N–H and O–H groups in total. The molecule has 3 heteroatoms. The third-order valence-electron chi connectivity index (χ3n) is 4.25. The van der Waals surface area contributed by atoms with Crippen molar-refractivity contribution in [3.63, 3.8) is 0 Å². The number of hydrogen-bond acceptors (Lipinski definition) is 3. The summed E-state index contributed by atoms with van der Waals surface area (Å²) in [5.74, 6) is 2.94. The number of esters is 1. The van der Waals surface area contributed by atoms with Gasteiger partial charge in [-0.05, 0) is 55.7 Å². The second-order valence-corrected chi connectivity index (χ2v) is 6.75. The molecule has 1 fully saturated rings. The topological polar surface area (TPSA) is 38.3 Å². The maximum atomic E-state index is 12.4. The average Bonchev–Trinajstić information content (AvgIpc) is 3.04. The summed E-state index contributed by atoms with van der Waals surface area (Å²) in [5, 5.41) is 3.35. The van der Waals surface area contributed by atoms with E-state index in [-0.39, 0.29) is 18.1 Å². The molecule has 0 unspecified atom stereocenters. The van der Waals surface area contributed by atoms with Gasteiger partial charge in [-0.25, -0.2) is 0 Å². The molecule has 1 aromatic rings. The fourth-order valence-corrected chi connectivity index (χ4v) is 2.95. The Labute approximate surface area is 139 Å². The van der Waals surface area contributed by atoms with Gasteiger partial charge in [0, 0.05) is 12.1 Å². The lowest BCUT2D eigenvalue weighted by Crippen LogP contribution is -2.40. The van der Waals surface area contributed by atoms with Crippen LogP contribution in [0.1, 0.15) is 57.1 Å². The van der Waals surface area contributed by atoms with E-state index in [9.17, 15) is 4.79 Å². The molecule has 1 aromatic carbocycles. The molecular formula is C20H27NO2. The van der Waals surface area contributed by atoms with E-state index in [1.807, 2.05) is 24.3 Å². The molecule has 0 heterocycles. The van der Waals surface area contributed by atoms with Gasteiger partial charge in [0.05, 0.1) is 0 Å². The molecule has 0 aliphatic heterocycles. The summed E-state index contributed by atoms with van der Waals surface area (Å²) in [4.78, 5) is 12.4. The van der Waals surface area contributed by atoms with Gasteiger partial charge >= 0.3 is 5.97 Å². The van der Waals surface area contributed by atoms with Crippen molar-refractivity contribution >= 4 is 5.97 Å². The number of carbonyl (C=O) groups excluding carboxylic acids is 1. The standard InChI is InChI=1S/C20H27NO2/c1-4-16-9-11-17(12-10-16)14-21-19(13-15(2)3)20(22)23-18-7-5-6-8-18/h1,9-12,15,18-19,21H,5-8,13-14H2,2-3H3/t19-/m0/s1. The molecule has 1 saturated carbocycles. The third kappa shape index (κ3) is 5.73. The lowest BCUT2D eigenvalue weighted by molar-refractivity contribution is -0.151. The quantitative estimate of drug-likeness (QED) is 0.617. The first-order chi connectivity index (χ1) is 11.1. The fraction of sp³-hybridized carbons (Fsp3) is 0.550. The first-order valence-electron chi connectivity index (χ1n) is 8.58. The Morgan fingerprint density at radius 3 is 2.52 bits per heavy atom. The summed E-state index contributed by atoms with van der Waals surface area (Å²) in [6.07, 6.45) is 10.6. The molecule has 0 aromatic heterocycles. The van der Waals surface area contributed by atoms with Crippen molar-refractivity contribution in [1.29, 1.82) is 0 Å². The predicted molar refractivity (Wildman–Crippen MR) is 92.8 cm³/mol. The van der Waals surface area contributed by atoms with Gasteiger partial charge in [0.1, 0.15) is 12.1 Å². The first-order valence-corrected chi connectivity index (χ1v) is 8.58. The lowest BCUT2D eigenvalue weighted by atomic mass is 10.0. The Hall–Kier alpha value is -1.79. The highest BCUT2D eigenvalue weighted by molar-refractivity contribution is 5.76. The molecule has 0 radical (unpaired) electrons. The summed E-state index contributed by atoms with van der Waals surface area (Å²) in [6, 6.07) is 7.59. The van der Waals surface area contributed by atoms with Crippen molar-refractivity contribution in [3.05, 3.63) is 35.4 Å². The van der Waals surface area contributed by atoms with E-state index in [1.165, 1.54) is 12.8 Å². The molecule has 0 bridgehead atoms. The molecule has 23 heavy (non-hydrogen) atoms. The minimum Gasteiger partial charge on any atom is -0.461 e. The minimum absolute atomic E-state index is 0.106. The van der Waals surface area contributed by atoms with Crippen LogP contribution in [0.4, 0.5) is 0 Å². The Balaban J connectivity index is 1.91. The van der Waals surface area contributed by atoms with Crippen LogP contribution in [-0.4, -0.2) is 18.1 Å². The zero-order valence-electron chi connectivity index (χ0n) is 14.2. The molecular weight excluding hydrogens is 286 g/mol. The van der Waals surface area contributed by atoms with Crippen LogP contribution in [0, 0.1) is 18.3 Å². The number of hydrogen-bond donors (Lipinski definition) is 1. The van der Waals surface area contributed by atoms with Gasteiger partial charge in [0.2, 0.25) is 0 Å². The fourth-order valence-electron chi connectivity index (χ4n) is 2.95. The van der Waals surface area contributed by atoms with Crippen LogP contribution >= 0.6 is 0 Å². The molecule has 1 aliphatic rings. The Kier molecular flexibility index (Phi) is 6.67. The highest BCUT2D eigenvalue weighted by Crippen LogP contribution is 2.22. The Morgan fingerprint density at radius 1 is 1.30 bits per heavy atom. The van der Waals surface area contributed by atoms with Gasteiger partial charge in [-0.1, -0.05) is 31.9 Å². The number of nitrogens with one attached hydrogen (secondary N) is 1. The third-order valence-corrected chi connectivity index (χ3v) is 4.25. The Morgan fingerprint density at radius 2 is 1.96 bits per heavy atom. The van der Waals surface area contributed by atoms with Crippen LogP contribution in [0.5, 0.6) is 0 Å². The molecule has 1 atom stereocenters. The monoisotopic (exact) mass is 313 g/mol. The van der Waals surface area contributed by atoms with Gasteiger partial charge in [-0.2, -0.15) is 0 Å². The summed E-state index contributed by atoms with van der Waals surface area (Å²) >= 11 is 0. The maximum Gasteiger partial charge on any atom is 0.323 e. The van der Waals surface area contributed by atoms with Gasteiger partial charge < -0.3 is 10.1 Å². The summed E-state index contributed by atoms with van der Waals surface area (Å²) < 4.78 is 5.67. The Bertz CT molecular complexity index is 536. The number of terminal acetylenes is 1. The summed E-state index contributed by atoms with van der Waals surface area (Å²) in [5.41, 5.74) is 1.99. The average molecular weight is 313 g/mol. The van der Waals surface area contributed by atoms with Crippen molar-refractivity contribution in [2.75, 3.05) is 0 Å². The SMILES string of the molecule is C#Cc1ccc(CN[C@@H](CC(C)C)C(=O)OC2CCCC2)cc1. The number of ether oxygens (including phenoxy) is 1. The molecule has 2 rings (SSSR count). The second-order valence-electron chi connectivity index (χ2n) is 6.75.